The lowest BCUT2D eigenvalue weighted by Crippen LogP contribution is -2.10. The molecular weight excluding hydrogens is 460 g/mol. The van der Waals surface area contributed by atoms with Crippen LogP contribution >= 0.6 is 0 Å². The van der Waals surface area contributed by atoms with Crippen LogP contribution in [0.1, 0.15) is 30.6 Å². The summed E-state index contributed by atoms with van der Waals surface area (Å²) in [7, 11) is 0. The topological polar surface area (TPSA) is 95.2 Å². The molecule has 2 atom stereocenters. The van der Waals surface area contributed by atoms with Crippen LogP contribution < -0.4 is 11.5 Å². The maximum Gasteiger partial charge on any atom is 0.282 e. The van der Waals surface area contributed by atoms with Crippen LogP contribution in [-0.4, -0.2) is 25.3 Å². The summed E-state index contributed by atoms with van der Waals surface area (Å²) < 4.78 is 10.3. The molecule has 0 radical (unpaired) electrons. The highest BCUT2D eigenvalue weighted by molar-refractivity contribution is 5.74. The minimum atomic E-state index is 0. The van der Waals surface area contributed by atoms with E-state index in [9.17, 15) is 0 Å². The molecule has 0 saturated heterocycles. The Morgan fingerprint density at radius 2 is 0.811 bits per heavy atom. The second-order valence-corrected chi connectivity index (χ2v) is 8.56. The smallest absolute Gasteiger partial charge is 0.282 e. The standard InChI is InChI=1S/2C15H14N2O.CH4/c2*16-15-17-14(10-18-15)13-8-6-12(7-9-13)11-4-2-1-3-5-11;/h2*1-9,14H,10H2,(H2,16,17);1H4/t2*14-;/m10./s1. The first-order valence-electron chi connectivity index (χ1n) is 11.9. The fourth-order valence-electron chi connectivity index (χ4n) is 4.18. The Morgan fingerprint density at radius 3 is 1.11 bits per heavy atom. The van der Waals surface area contributed by atoms with E-state index < -0.39 is 0 Å². The van der Waals surface area contributed by atoms with Gasteiger partial charge in [-0.25, -0.2) is 9.98 Å². The lowest BCUT2D eigenvalue weighted by Gasteiger charge is -2.07. The van der Waals surface area contributed by atoms with Crippen LogP contribution in [0.5, 0.6) is 0 Å². The fraction of sp³-hybridized carbons (Fsp3) is 0.161. The van der Waals surface area contributed by atoms with E-state index in [2.05, 4.69) is 82.8 Å². The highest BCUT2D eigenvalue weighted by atomic mass is 16.5. The molecule has 4 aromatic rings. The monoisotopic (exact) mass is 492 g/mol. The van der Waals surface area contributed by atoms with Crippen molar-refractivity contribution in [3.05, 3.63) is 120 Å². The molecule has 6 rings (SSSR count). The first kappa shape index (κ1) is 25.5. The number of hydrogen-bond acceptors (Lipinski definition) is 6. The van der Waals surface area contributed by atoms with E-state index in [0.717, 1.165) is 11.1 Å². The zero-order chi connectivity index (χ0) is 24.7. The summed E-state index contributed by atoms with van der Waals surface area (Å²) in [6.07, 6.45) is 0. The number of amidine groups is 2. The molecule has 4 N–H and O–H groups in total. The van der Waals surface area contributed by atoms with Crippen LogP contribution in [0.25, 0.3) is 22.3 Å². The van der Waals surface area contributed by atoms with Crippen molar-refractivity contribution in [1.82, 2.24) is 0 Å². The van der Waals surface area contributed by atoms with Crippen molar-refractivity contribution in [2.45, 2.75) is 19.5 Å². The van der Waals surface area contributed by atoms with Crippen LogP contribution in [0.15, 0.2) is 119 Å². The zero-order valence-corrected chi connectivity index (χ0v) is 19.8. The average molecular weight is 493 g/mol. The Kier molecular flexibility index (Phi) is 8.21. The molecule has 0 amide bonds. The van der Waals surface area contributed by atoms with Gasteiger partial charge in [0.1, 0.15) is 25.3 Å². The highest BCUT2D eigenvalue weighted by Crippen LogP contribution is 2.27. The number of benzene rings is 4. The molecule has 2 heterocycles. The van der Waals surface area contributed by atoms with E-state index in [0.29, 0.717) is 13.2 Å². The van der Waals surface area contributed by atoms with E-state index in [1.165, 1.54) is 22.3 Å². The van der Waals surface area contributed by atoms with Crippen molar-refractivity contribution in [1.29, 1.82) is 0 Å². The van der Waals surface area contributed by atoms with Gasteiger partial charge in [0.15, 0.2) is 0 Å². The maximum absolute atomic E-state index is 5.51. The van der Waals surface area contributed by atoms with Gasteiger partial charge in [0.25, 0.3) is 12.0 Å². The van der Waals surface area contributed by atoms with Crippen LogP contribution in [0.3, 0.4) is 0 Å². The number of hydrogen-bond donors (Lipinski definition) is 2. The Balaban J connectivity index is 0.000000168. The Morgan fingerprint density at radius 1 is 0.486 bits per heavy atom. The zero-order valence-electron chi connectivity index (χ0n) is 19.8. The summed E-state index contributed by atoms with van der Waals surface area (Å²) in [5.74, 6) is 0. The minimum Gasteiger partial charge on any atom is -0.463 e. The largest absolute Gasteiger partial charge is 0.463 e. The van der Waals surface area contributed by atoms with Gasteiger partial charge in [0.2, 0.25) is 0 Å². The maximum atomic E-state index is 5.51. The van der Waals surface area contributed by atoms with Gasteiger partial charge in [0.05, 0.1) is 0 Å². The van der Waals surface area contributed by atoms with Gasteiger partial charge in [-0.15, -0.1) is 0 Å². The van der Waals surface area contributed by atoms with Crippen molar-refractivity contribution in [2.75, 3.05) is 13.2 Å². The molecule has 0 bridgehead atoms. The number of ether oxygens (including phenoxy) is 2. The molecule has 37 heavy (non-hydrogen) atoms. The predicted molar refractivity (Wildman–Crippen MR) is 151 cm³/mol. The van der Waals surface area contributed by atoms with Crippen molar-refractivity contribution in [2.24, 2.45) is 21.5 Å². The number of nitrogens with two attached hydrogens (primary N) is 2. The van der Waals surface area contributed by atoms with Crippen LogP contribution in [0.2, 0.25) is 0 Å². The van der Waals surface area contributed by atoms with Crippen LogP contribution in [0.4, 0.5) is 0 Å². The quantitative estimate of drug-likeness (QED) is 0.359. The van der Waals surface area contributed by atoms with Gasteiger partial charge in [-0.2, -0.15) is 0 Å². The molecule has 2 aliphatic rings. The van der Waals surface area contributed by atoms with Crippen molar-refractivity contribution >= 4 is 12.0 Å². The molecule has 4 aromatic carbocycles. The third kappa shape index (κ3) is 6.35. The molecule has 2 aliphatic heterocycles. The molecule has 0 aromatic heterocycles. The molecule has 0 unspecified atom stereocenters. The van der Waals surface area contributed by atoms with Gasteiger partial charge >= 0.3 is 0 Å². The molecule has 6 nitrogen and oxygen atoms in total. The van der Waals surface area contributed by atoms with Gasteiger partial charge < -0.3 is 20.9 Å². The van der Waals surface area contributed by atoms with Crippen molar-refractivity contribution in [3.8, 4) is 22.3 Å². The Bertz CT molecular complexity index is 1230. The van der Waals surface area contributed by atoms with Gasteiger partial charge in [0, 0.05) is 0 Å². The third-order valence-corrected chi connectivity index (χ3v) is 6.15. The third-order valence-electron chi connectivity index (χ3n) is 6.15. The van der Waals surface area contributed by atoms with Crippen LogP contribution in [0, 0.1) is 0 Å². The summed E-state index contributed by atoms with van der Waals surface area (Å²) in [5, 5.41) is 0. The SMILES string of the molecule is C.NC1=N[C@@H](c2ccc(-c3ccccc3)cc2)CO1.NC1=N[C@H](c2ccc(-c3ccccc3)cc2)CO1. The summed E-state index contributed by atoms with van der Waals surface area (Å²) >= 11 is 0. The molecular formula is C31H32N4O2. The predicted octanol–water partition coefficient (Wildman–Crippen LogP) is 6.12. The summed E-state index contributed by atoms with van der Waals surface area (Å²) in [6, 6.07) is 38.0. The second-order valence-electron chi connectivity index (χ2n) is 8.56. The minimum absolute atomic E-state index is 0. The summed E-state index contributed by atoms with van der Waals surface area (Å²) in [5.41, 5.74) is 18.1. The Labute approximate surface area is 218 Å². The molecule has 0 spiro atoms. The first-order chi connectivity index (χ1) is 17.7. The number of nitrogens with zero attached hydrogens (tertiary/aromatic N) is 2. The first-order valence-corrected chi connectivity index (χ1v) is 11.9. The van der Waals surface area contributed by atoms with E-state index >= 15 is 0 Å². The van der Waals surface area contributed by atoms with Crippen molar-refractivity contribution in [3.63, 3.8) is 0 Å². The average Bonchev–Trinajstić information content (AvgIpc) is 3.58. The van der Waals surface area contributed by atoms with Crippen molar-refractivity contribution < 1.29 is 9.47 Å². The molecule has 0 saturated carbocycles. The lowest BCUT2D eigenvalue weighted by atomic mass is 10.0. The lowest BCUT2D eigenvalue weighted by molar-refractivity contribution is 0.315. The van der Waals surface area contributed by atoms with E-state index in [1.54, 1.807) is 0 Å². The van der Waals surface area contributed by atoms with Crippen LogP contribution in [-0.2, 0) is 9.47 Å². The Hall–Kier alpha value is -4.58. The molecule has 0 aliphatic carbocycles. The molecule has 0 fully saturated rings. The fourth-order valence-corrected chi connectivity index (χ4v) is 4.18. The number of rotatable bonds is 4. The van der Waals surface area contributed by atoms with Gasteiger partial charge in [-0.3, -0.25) is 0 Å². The van der Waals surface area contributed by atoms with E-state index in [1.807, 2.05) is 36.4 Å². The summed E-state index contributed by atoms with van der Waals surface area (Å²) in [4.78, 5) is 8.47. The number of aliphatic imine (C=N–C) groups is 2. The van der Waals surface area contributed by atoms with E-state index in [4.69, 9.17) is 20.9 Å². The summed E-state index contributed by atoms with van der Waals surface area (Å²) in [6.45, 7) is 1.08. The molecule has 188 valence electrons. The second kappa shape index (κ2) is 11.9. The normalized spacial score (nSPS) is 17.7. The molecule has 6 heteroatoms. The van der Waals surface area contributed by atoms with Gasteiger partial charge in [-0.05, 0) is 33.4 Å². The highest BCUT2D eigenvalue weighted by Gasteiger charge is 2.19. The van der Waals surface area contributed by atoms with Gasteiger partial charge in [-0.1, -0.05) is 117 Å². The van der Waals surface area contributed by atoms with E-state index in [-0.39, 0.29) is 31.6 Å².